The van der Waals surface area contributed by atoms with Crippen LogP contribution >= 0.6 is 0 Å². The van der Waals surface area contributed by atoms with Gasteiger partial charge in [-0.15, -0.1) is 0 Å². The van der Waals surface area contributed by atoms with Gasteiger partial charge >= 0.3 is 11.9 Å². The largest absolute Gasteiger partial charge is 0.481 e. The Kier molecular flexibility index (Phi) is 11.0. The van der Waals surface area contributed by atoms with Crippen molar-refractivity contribution in [2.45, 2.75) is 65.2 Å². The predicted octanol–water partition coefficient (Wildman–Crippen LogP) is 11.0. The Labute approximate surface area is 329 Å². The van der Waals surface area contributed by atoms with Crippen LogP contribution in [-0.4, -0.2) is 25.2 Å². The zero-order valence-electron chi connectivity index (χ0n) is 32.1. The van der Waals surface area contributed by atoms with Crippen LogP contribution in [-0.2, 0) is 35.3 Å². The van der Waals surface area contributed by atoms with E-state index in [4.69, 9.17) is 18.9 Å². The Bertz CT molecular complexity index is 2170. The van der Waals surface area contributed by atoms with E-state index in [1.54, 1.807) is 0 Å². The van der Waals surface area contributed by atoms with Crippen molar-refractivity contribution in [2.24, 2.45) is 0 Å². The van der Waals surface area contributed by atoms with E-state index in [1.165, 1.54) is 33.4 Å². The first-order valence-electron chi connectivity index (χ1n) is 19.7. The van der Waals surface area contributed by atoms with Crippen molar-refractivity contribution in [3.05, 3.63) is 155 Å². The molecule has 6 nitrogen and oxygen atoms in total. The molecule has 0 amide bonds. The summed E-state index contributed by atoms with van der Waals surface area (Å²) >= 11 is 0. The fraction of sp³-hybridized carbons (Fsp3) is 0.240. The van der Waals surface area contributed by atoms with Gasteiger partial charge in [-0.25, -0.2) is 9.59 Å². The average molecular weight is 743 g/mol. The second-order valence-electron chi connectivity index (χ2n) is 14.9. The molecule has 0 atom stereocenters. The summed E-state index contributed by atoms with van der Waals surface area (Å²) in [5, 5.41) is 0. The Balaban J connectivity index is 1.02. The fourth-order valence-electron chi connectivity index (χ4n) is 7.92. The van der Waals surface area contributed by atoms with Gasteiger partial charge in [0.25, 0.3) is 0 Å². The molecule has 0 heterocycles. The molecule has 6 heteroatoms. The third kappa shape index (κ3) is 8.40. The third-order valence-electron chi connectivity index (χ3n) is 10.9. The lowest BCUT2D eigenvalue weighted by Gasteiger charge is -2.27. The summed E-state index contributed by atoms with van der Waals surface area (Å²) in [6, 6.07) is 39.9. The van der Waals surface area contributed by atoms with Crippen molar-refractivity contribution in [3.8, 4) is 56.4 Å². The van der Waals surface area contributed by atoms with Crippen LogP contribution < -0.4 is 18.9 Å². The van der Waals surface area contributed by atoms with Crippen molar-refractivity contribution in [2.75, 3.05) is 13.2 Å². The maximum Gasteiger partial charge on any atom is 0.349 e. The zero-order valence-corrected chi connectivity index (χ0v) is 32.1. The highest BCUT2D eigenvalue weighted by atomic mass is 16.6. The quantitative estimate of drug-likeness (QED) is 0.0972. The van der Waals surface area contributed by atoms with Crippen LogP contribution in [0.4, 0.5) is 0 Å². The number of carbonyl (C=O) groups excluding carboxylic acids is 2. The van der Waals surface area contributed by atoms with E-state index in [0.717, 1.165) is 84.7 Å². The highest BCUT2D eigenvalue weighted by molar-refractivity contribution is 5.85. The minimum absolute atomic E-state index is 0.258. The lowest BCUT2D eigenvalue weighted by atomic mass is 9.80. The predicted molar refractivity (Wildman–Crippen MR) is 221 cm³/mol. The number of rotatable bonds is 11. The molecule has 0 spiro atoms. The van der Waals surface area contributed by atoms with Gasteiger partial charge in [-0.3, -0.25) is 0 Å². The van der Waals surface area contributed by atoms with Crippen LogP contribution in [0.3, 0.4) is 0 Å². The van der Waals surface area contributed by atoms with E-state index in [1.807, 2.05) is 60.7 Å². The molecule has 0 fully saturated rings. The fourth-order valence-corrected chi connectivity index (χ4v) is 7.92. The van der Waals surface area contributed by atoms with Gasteiger partial charge in [0.2, 0.25) is 0 Å². The van der Waals surface area contributed by atoms with Gasteiger partial charge in [-0.2, -0.15) is 0 Å². The second-order valence-corrected chi connectivity index (χ2v) is 14.9. The number of benzene rings is 6. The number of fused-ring (bicyclic) bond motifs is 2. The van der Waals surface area contributed by atoms with Gasteiger partial charge in [-0.1, -0.05) is 96.1 Å². The number of ether oxygens (including phenoxy) is 4. The smallest absolute Gasteiger partial charge is 0.349 e. The molecule has 0 unspecified atom stereocenters. The summed E-state index contributed by atoms with van der Waals surface area (Å²) in [4.78, 5) is 26.4. The summed E-state index contributed by atoms with van der Waals surface area (Å²) in [5.74, 6) is 1.16. The highest BCUT2D eigenvalue weighted by Gasteiger charge is 2.27. The molecule has 0 aliphatic heterocycles. The summed E-state index contributed by atoms with van der Waals surface area (Å²) in [5.41, 5.74) is 13.6. The Morgan fingerprint density at radius 3 is 1.14 bits per heavy atom. The van der Waals surface area contributed by atoms with Crippen molar-refractivity contribution in [1.29, 1.82) is 0 Å². The topological polar surface area (TPSA) is 71.1 Å². The molecule has 0 bridgehead atoms. The first-order valence-corrected chi connectivity index (χ1v) is 19.7. The van der Waals surface area contributed by atoms with E-state index >= 15 is 0 Å². The highest BCUT2D eigenvalue weighted by Crippen LogP contribution is 2.47. The van der Waals surface area contributed by atoms with Gasteiger partial charge in [0.05, 0.1) is 0 Å². The maximum atomic E-state index is 13.2. The summed E-state index contributed by atoms with van der Waals surface area (Å²) in [7, 11) is 0. The monoisotopic (exact) mass is 742 g/mol. The van der Waals surface area contributed by atoms with Crippen molar-refractivity contribution < 1.29 is 28.5 Å². The van der Waals surface area contributed by atoms with E-state index < -0.39 is 11.9 Å². The van der Waals surface area contributed by atoms with Crippen molar-refractivity contribution >= 4 is 11.9 Å². The molecule has 2 aliphatic rings. The van der Waals surface area contributed by atoms with Crippen LogP contribution in [0.2, 0.25) is 0 Å². The molecule has 0 saturated heterocycles. The van der Waals surface area contributed by atoms with Crippen molar-refractivity contribution in [1.82, 2.24) is 0 Å². The normalized spacial score (nSPS) is 13.2. The van der Waals surface area contributed by atoms with Crippen LogP contribution in [0.1, 0.15) is 59.1 Å². The van der Waals surface area contributed by atoms with Crippen LogP contribution in [0, 0.1) is 13.8 Å². The first-order chi connectivity index (χ1) is 27.4. The number of esters is 2. The molecule has 282 valence electrons. The standard InChI is InChI=1S/C50H46O6/c1-33-11-15-35(16-12-33)37-19-25-41(26-20-37)55-47(51)31-53-45-29-23-39-7-3-5-9-43(39)49(45)50-44-10-6-4-8-40(44)24-30-46(50)54-32-48(52)56-42-27-21-38(22-28-42)36-17-13-34(2)14-18-36/h11-30H,3-10,31-32H2,1-2H3. The number of hydrogen-bond donors (Lipinski definition) is 0. The Hall–Kier alpha value is -6.14. The van der Waals surface area contributed by atoms with E-state index in [-0.39, 0.29) is 13.2 Å². The van der Waals surface area contributed by atoms with E-state index in [2.05, 4.69) is 74.5 Å². The zero-order chi connectivity index (χ0) is 38.4. The average Bonchev–Trinajstić information content (AvgIpc) is 3.23. The SMILES string of the molecule is Cc1ccc(-c2ccc(OC(=O)COc3ccc4c(c3-c3c(OCC(=O)Oc5ccc(-c6ccc(C)cc6)cc5)ccc5c3CCCC5)CCCC4)cc2)cc1. The lowest BCUT2D eigenvalue weighted by molar-refractivity contribution is -0.137. The third-order valence-corrected chi connectivity index (χ3v) is 10.9. The minimum atomic E-state index is -0.488. The van der Waals surface area contributed by atoms with E-state index in [9.17, 15) is 9.59 Å². The molecule has 8 rings (SSSR count). The molecular formula is C50H46O6. The summed E-state index contributed by atoms with van der Waals surface area (Å²) in [6.07, 6.45) is 8.10. The lowest BCUT2D eigenvalue weighted by Crippen LogP contribution is -2.20. The molecule has 2 aliphatic carbocycles. The summed E-state index contributed by atoms with van der Waals surface area (Å²) in [6.45, 7) is 3.61. The summed E-state index contributed by atoms with van der Waals surface area (Å²) < 4.78 is 24.2. The van der Waals surface area contributed by atoms with Crippen molar-refractivity contribution in [3.63, 3.8) is 0 Å². The maximum absolute atomic E-state index is 13.2. The molecule has 0 radical (unpaired) electrons. The van der Waals surface area contributed by atoms with Gasteiger partial charge in [0.15, 0.2) is 13.2 Å². The molecule has 0 aromatic heterocycles. The Morgan fingerprint density at radius 1 is 0.429 bits per heavy atom. The van der Waals surface area contributed by atoms with Gasteiger partial charge in [0.1, 0.15) is 23.0 Å². The number of carbonyl (C=O) groups is 2. The number of hydrogen-bond acceptors (Lipinski definition) is 6. The first kappa shape index (κ1) is 36.8. The van der Waals surface area contributed by atoms with Gasteiger partial charge in [-0.05, 0) is 146 Å². The molecule has 6 aromatic carbocycles. The molecule has 0 saturated carbocycles. The minimum Gasteiger partial charge on any atom is -0.481 e. The van der Waals surface area contributed by atoms with Crippen LogP contribution in [0.5, 0.6) is 23.0 Å². The molecule has 56 heavy (non-hydrogen) atoms. The molecular weight excluding hydrogens is 697 g/mol. The van der Waals surface area contributed by atoms with Crippen LogP contribution in [0.15, 0.2) is 121 Å². The van der Waals surface area contributed by atoms with Crippen LogP contribution in [0.25, 0.3) is 33.4 Å². The van der Waals surface area contributed by atoms with Gasteiger partial charge in [0, 0.05) is 11.1 Å². The molecule has 0 N–H and O–H groups in total. The van der Waals surface area contributed by atoms with E-state index in [0.29, 0.717) is 23.0 Å². The number of aryl methyl sites for hydroxylation is 4. The van der Waals surface area contributed by atoms with Gasteiger partial charge < -0.3 is 18.9 Å². The second kappa shape index (κ2) is 16.7. The molecule has 6 aromatic rings. The Morgan fingerprint density at radius 2 is 0.768 bits per heavy atom.